The van der Waals surface area contributed by atoms with Gasteiger partial charge in [0, 0.05) is 0 Å². The summed E-state index contributed by atoms with van der Waals surface area (Å²) in [5.41, 5.74) is 1.02. The second-order valence-corrected chi connectivity index (χ2v) is 4.61. The number of guanidine groups is 1. The minimum Gasteiger partial charge on any atom is -0.504 e. The van der Waals surface area contributed by atoms with Crippen molar-refractivity contribution in [2.45, 2.75) is 13.0 Å². The fourth-order valence-electron chi connectivity index (χ4n) is 1.75. The SMILES string of the molecule is COc1cc(/C=C2\NC(=NCC(C)O)NC2=O)ccc1O. The summed E-state index contributed by atoms with van der Waals surface area (Å²) in [6.07, 6.45) is 1.04. The van der Waals surface area contributed by atoms with Crippen LogP contribution in [0.15, 0.2) is 28.9 Å². The second-order valence-electron chi connectivity index (χ2n) is 4.61. The van der Waals surface area contributed by atoms with Gasteiger partial charge in [0.1, 0.15) is 5.70 Å². The minimum atomic E-state index is -0.578. The monoisotopic (exact) mass is 291 g/mol. The number of aliphatic hydroxyl groups is 1. The third kappa shape index (κ3) is 3.73. The van der Waals surface area contributed by atoms with E-state index in [0.717, 1.165) is 0 Å². The molecule has 112 valence electrons. The summed E-state index contributed by atoms with van der Waals surface area (Å²) in [7, 11) is 1.45. The van der Waals surface area contributed by atoms with Crippen LogP contribution in [0.4, 0.5) is 0 Å². The van der Waals surface area contributed by atoms with Gasteiger partial charge >= 0.3 is 0 Å². The number of aliphatic hydroxyl groups excluding tert-OH is 1. The lowest BCUT2D eigenvalue weighted by Crippen LogP contribution is -2.26. The summed E-state index contributed by atoms with van der Waals surface area (Å²) in [5.74, 6) is 0.345. The topological polar surface area (TPSA) is 103 Å². The van der Waals surface area contributed by atoms with Crippen LogP contribution in [0.2, 0.25) is 0 Å². The number of benzene rings is 1. The van der Waals surface area contributed by atoms with Gasteiger partial charge in [-0.25, -0.2) is 4.99 Å². The molecule has 1 aromatic rings. The van der Waals surface area contributed by atoms with E-state index in [0.29, 0.717) is 23.0 Å². The average molecular weight is 291 g/mol. The molecule has 21 heavy (non-hydrogen) atoms. The molecular weight excluding hydrogens is 274 g/mol. The van der Waals surface area contributed by atoms with E-state index < -0.39 is 6.10 Å². The average Bonchev–Trinajstić information content (AvgIpc) is 2.79. The van der Waals surface area contributed by atoms with E-state index in [1.165, 1.54) is 13.2 Å². The first kappa shape index (κ1) is 14.9. The van der Waals surface area contributed by atoms with E-state index in [4.69, 9.17) is 9.84 Å². The highest BCUT2D eigenvalue weighted by atomic mass is 16.5. The fraction of sp³-hybridized carbons (Fsp3) is 0.286. The summed E-state index contributed by atoms with van der Waals surface area (Å²) in [6, 6.07) is 4.76. The lowest BCUT2D eigenvalue weighted by molar-refractivity contribution is -0.115. The van der Waals surface area contributed by atoms with Gasteiger partial charge in [0.25, 0.3) is 5.91 Å². The molecule has 1 unspecified atom stereocenters. The van der Waals surface area contributed by atoms with Gasteiger partial charge in [0.05, 0.1) is 19.8 Å². The number of aliphatic imine (C=N–C) groups is 1. The number of hydrogen-bond acceptors (Lipinski definition) is 5. The van der Waals surface area contributed by atoms with Crippen LogP contribution in [0.25, 0.3) is 6.08 Å². The number of methoxy groups -OCH3 is 1. The van der Waals surface area contributed by atoms with Crippen molar-refractivity contribution in [3.63, 3.8) is 0 Å². The van der Waals surface area contributed by atoms with Crippen molar-refractivity contribution in [2.24, 2.45) is 4.99 Å². The highest BCUT2D eigenvalue weighted by Crippen LogP contribution is 2.27. The van der Waals surface area contributed by atoms with Crippen molar-refractivity contribution in [3.05, 3.63) is 29.5 Å². The van der Waals surface area contributed by atoms with Crippen molar-refractivity contribution in [2.75, 3.05) is 13.7 Å². The number of phenols is 1. The molecule has 1 saturated heterocycles. The third-order valence-electron chi connectivity index (χ3n) is 2.76. The number of nitrogens with zero attached hydrogens (tertiary/aromatic N) is 1. The molecule has 1 aliphatic rings. The first-order valence-electron chi connectivity index (χ1n) is 6.39. The third-order valence-corrected chi connectivity index (χ3v) is 2.76. The molecule has 2 rings (SSSR count). The lowest BCUT2D eigenvalue weighted by Gasteiger charge is -2.04. The minimum absolute atomic E-state index is 0.0302. The molecule has 1 aliphatic heterocycles. The predicted molar refractivity (Wildman–Crippen MR) is 77.9 cm³/mol. The zero-order valence-corrected chi connectivity index (χ0v) is 11.8. The van der Waals surface area contributed by atoms with Crippen molar-refractivity contribution in [1.82, 2.24) is 10.6 Å². The molecule has 7 heteroatoms. The number of carbonyl (C=O) groups is 1. The maximum absolute atomic E-state index is 11.8. The van der Waals surface area contributed by atoms with Crippen molar-refractivity contribution in [3.8, 4) is 11.5 Å². The number of aromatic hydroxyl groups is 1. The van der Waals surface area contributed by atoms with Gasteiger partial charge in [0.2, 0.25) is 5.96 Å². The van der Waals surface area contributed by atoms with E-state index in [1.807, 2.05) is 0 Å². The highest BCUT2D eigenvalue weighted by Gasteiger charge is 2.21. The summed E-state index contributed by atoms with van der Waals surface area (Å²) in [6.45, 7) is 1.81. The number of nitrogens with one attached hydrogen (secondary N) is 2. The molecule has 1 fully saturated rings. The van der Waals surface area contributed by atoms with Crippen LogP contribution in [-0.2, 0) is 4.79 Å². The summed E-state index contributed by atoms with van der Waals surface area (Å²) in [4.78, 5) is 15.8. The first-order valence-corrected chi connectivity index (χ1v) is 6.39. The summed E-state index contributed by atoms with van der Waals surface area (Å²) in [5, 5.41) is 24.1. The van der Waals surface area contributed by atoms with Gasteiger partial charge in [-0.15, -0.1) is 0 Å². The Hall–Kier alpha value is -2.54. The Morgan fingerprint density at radius 1 is 1.43 bits per heavy atom. The maximum atomic E-state index is 11.8. The van der Waals surface area contributed by atoms with Gasteiger partial charge in [0.15, 0.2) is 11.5 Å². The number of rotatable bonds is 4. The Balaban J connectivity index is 2.18. The normalized spacial score (nSPS) is 19.5. The van der Waals surface area contributed by atoms with Gasteiger partial charge < -0.3 is 20.3 Å². The lowest BCUT2D eigenvalue weighted by atomic mass is 10.1. The summed E-state index contributed by atoms with van der Waals surface area (Å²) >= 11 is 0. The molecule has 4 N–H and O–H groups in total. The Bertz CT molecular complexity index is 608. The molecule has 1 atom stereocenters. The second kappa shape index (κ2) is 6.27. The number of carbonyl (C=O) groups excluding carboxylic acids is 1. The highest BCUT2D eigenvalue weighted by molar-refractivity contribution is 6.15. The van der Waals surface area contributed by atoms with E-state index in [2.05, 4.69) is 15.6 Å². The van der Waals surface area contributed by atoms with E-state index in [-0.39, 0.29) is 18.2 Å². The van der Waals surface area contributed by atoms with E-state index in [1.54, 1.807) is 25.1 Å². The van der Waals surface area contributed by atoms with E-state index in [9.17, 15) is 9.90 Å². The Morgan fingerprint density at radius 2 is 2.19 bits per heavy atom. The molecule has 1 heterocycles. The zero-order valence-electron chi connectivity index (χ0n) is 11.8. The first-order chi connectivity index (χ1) is 9.99. The fourth-order valence-corrected chi connectivity index (χ4v) is 1.75. The molecule has 0 radical (unpaired) electrons. The molecule has 0 aromatic heterocycles. The maximum Gasteiger partial charge on any atom is 0.274 e. The zero-order chi connectivity index (χ0) is 15.4. The van der Waals surface area contributed by atoms with Crippen LogP contribution in [0.5, 0.6) is 11.5 Å². The van der Waals surface area contributed by atoms with Crippen molar-refractivity contribution < 1.29 is 19.7 Å². The van der Waals surface area contributed by atoms with Crippen LogP contribution >= 0.6 is 0 Å². The molecule has 0 bridgehead atoms. The van der Waals surface area contributed by atoms with Crippen LogP contribution in [-0.4, -0.2) is 41.8 Å². The number of phenolic OH excluding ortho intramolecular Hbond substituents is 1. The Kier molecular flexibility index (Phi) is 4.44. The van der Waals surface area contributed by atoms with Crippen LogP contribution in [0.3, 0.4) is 0 Å². The number of amides is 1. The smallest absolute Gasteiger partial charge is 0.274 e. The van der Waals surface area contributed by atoms with Gasteiger partial charge in [-0.3, -0.25) is 10.1 Å². The van der Waals surface area contributed by atoms with Gasteiger partial charge in [-0.2, -0.15) is 0 Å². The standard InChI is InChI=1S/C14H17N3O4/c1-8(18)7-15-14-16-10(13(20)17-14)5-9-3-4-11(19)12(6-9)21-2/h3-6,8,18-19H,7H2,1-2H3,(H2,15,16,17,20)/b10-5-. The molecule has 0 aliphatic carbocycles. The van der Waals surface area contributed by atoms with Crippen molar-refractivity contribution >= 4 is 17.9 Å². The number of hydrogen-bond donors (Lipinski definition) is 4. The van der Waals surface area contributed by atoms with Crippen LogP contribution < -0.4 is 15.4 Å². The van der Waals surface area contributed by atoms with Gasteiger partial charge in [-0.05, 0) is 30.7 Å². The largest absolute Gasteiger partial charge is 0.504 e. The molecule has 1 aromatic carbocycles. The van der Waals surface area contributed by atoms with Crippen molar-refractivity contribution in [1.29, 1.82) is 0 Å². The van der Waals surface area contributed by atoms with Gasteiger partial charge in [-0.1, -0.05) is 6.07 Å². The van der Waals surface area contributed by atoms with Crippen LogP contribution in [0, 0.1) is 0 Å². The predicted octanol–water partition coefficient (Wildman–Crippen LogP) is 0.198. The molecule has 0 saturated carbocycles. The molecule has 1 amide bonds. The molecular formula is C14H17N3O4. The Morgan fingerprint density at radius 3 is 2.86 bits per heavy atom. The number of ether oxygens (including phenoxy) is 1. The van der Waals surface area contributed by atoms with Crippen LogP contribution in [0.1, 0.15) is 12.5 Å². The quantitative estimate of drug-likeness (QED) is 0.593. The Labute approximate surface area is 122 Å². The van der Waals surface area contributed by atoms with E-state index >= 15 is 0 Å². The molecule has 0 spiro atoms. The molecule has 7 nitrogen and oxygen atoms in total. The summed E-state index contributed by atoms with van der Waals surface area (Å²) < 4.78 is 5.01.